The van der Waals surface area contributed by atoms with Crippen molar-refractivity contribution in [3.8, 4) is 5.75 Å². The summed E-state index contributed by atoms with van der Waals surface area (Å²) in [5.74, 6) is -0.0556. The van der Waals surface area contributed by atoms with Gasteiger partial charge in [0.25, 0.3) is 5.91 Å². The number of nitrogens with zero attached hydrogens (tertiary/aromatic N) is 1. The summed E-state index contributed by atoms with van der Waals surface area (Å²) in [4.78, 5) is 24.0. The van der Waals surface area contributed by atoms with Crippen LogP contribution >= 0.6 is 0 Å². The molecule has 0 heterocycles. The first-order valence-electron chi connectivity index (χ1n) is 6.27. The maximum atomic E-state index is 11.5. The van der Waals surface area contributed by atoms with Crippen molar-refractivity contribution < 1.29 is 14.3 Å². The Balaban J connectivity index is 2.83. The molecule has 0 saturated heterocycles. The lowest BCUT2D eigenvalue weighted by Gasteiger charge is -2.18. The van der Waals surface area contributed by atoms with Crippen LogP contribution in [0.4, 0.5) is 0 Å². The lowest BCUT2D eigenvalue weighted by atomic mass is 10.0. The normalized spacial score (nSPS) is 10.2. The maximum absolute atomic E-state index is 11.5. The molecule has 0 fully saturated rings. The molecule has 1 amide bonds. The fourth-order valence-electron chi connectivity index (χ4n) is 2.11. The van der Waals surface area contributed by atoms with Gasteiger partial charge in [-0.2, -0.15) is 0 Å². The third-order valence-corrected chi connectivity index (χ3v) is 3.14. The number of likely N-dealkylation sites (N-methyl/N-ethyl adjacent to an activating group) is 1. The zero-order valence-electron chi connectivity index (χ0n) is 12.2. The molecule has 4 heteroatoms. The summed E-state index contributed by atoms with van der Waals surface area (Å²) in [5.41, 5.74) is 3.36. The highest BCUT2D eigenvalue weighted by Crippen LogP contribution is 2.24. The maximum Gasteiger partial charge on any atom is 0.289 e. The second-order valence-corrected chi connectivity index (χ2v) is 4.80. The molecule has 0 aliphatic carbocycles. The van der Waals surface area contributed by atoms with Gasteiger partial charge in [0.05, 0.1) is 7.11 Å². The second-order valence-electron chi connectivity index (χ2n) is 4.80. The molecule has 0 N–H and O–H groups in total. The predicted molar refractivity (Wildman–Crippen MR) is 74.5 cm³/mol. The number of ketones is 1. The van der Waals surface area contributed by atoms with E-state index >= 15 is 0 Å². The van der Waals surface area contributed by atoms with E-state index in [1.807, 2.05) is 19.9 Å². The Hall–Kier alpha value is -1.84. The Bertz CT molecular complexity index is 494. The highest BCUT2D eigenvalue weighted by molar-refractivity contribution is 6.34. The predicted octanol–water partition coefficient (Wildman–Crippen LogP) is 1.90. The van der Waals surface area contributed by atoms with Crippen LogP contribution in [0.25, 0.3) is 0 Å². The van der Waals surface area contributed by atoms with Crippen molar-refractivity contribution in [2.24, 2.45) is 0 Å². The van der Waals surface area contributed by atoms with Crippen molar-refractivity contribution in [3.05, 3.63) is 28.8 Å². The summed E-state index contributed by atoms with van der Waals surface area (Å²) in [7, 11) is 3.28. The average Bonchev–Trinajstić information content (AvgIpc) is 2.35. The number of hydrogen-bond donors (Lipinski definition) is 0. The van der Waals surface area contributed by atoms with E-state index in [0.717, 1.165) is 22.4 Å². The first-order chi connectivity index (χ1) is 8.86. The van der Waals surface area contributed by atoms with Crippen molar-refractivity contribution >= 4 is 11.7 Å². The van der Waals surface area contributed by atoms with Gasteiger partial charge in [-0.25, -0.2) is 0 Å². The van der Waals surface area contributed by atoms with Crippen LogP contribution in [0.5, 0.6) is 5.75 Å². The van der Waals surface area contributed by atoms with Gasteiger partial charge in [-0.05, 0) is 43.0 Å². The quantitative estimate of drug-likeness (QED) is 0.762. The van der Waals surface area contributed by atoms with Crippen LogP contribution < -0.4 is 4.74 Å². The lowest BCUT2D eigenvalue weighted by Crippen LogP contribution is -2.33. The Morgan fingerprint density at radius 2 is 1.89 bits per heavy atom. The van der Waals surface area contributed by atoms with Crippen LogP contribution in [0.1, 0.15) is 23.6 Å². The summed E-state index contributed by atoms with van der Waals surface area (Å²) in [5, 5.41) is 0. The van der Waals surface area contributed by atoms with E-state index < -0.39 is 11.7 Å². The van der Waals surface area contributed by atoms with Crippen molar-refractivity contribution in [3.63, 3.8) is 0 Å². The van der Waals surface area contributed by atoms with Crippen LogP contribution in [-0.2, 0) is 16.0 Å². The van der Waals surface area contributed by atoms with E-state index in [1.165, 1.54) is 11.8 Å². The third-order valence-electron chi connectivity index (χ3n) is 3.14. The van der Waals surface area contributed by atoms with Crippen LogP contribution in [0.15, 0.2) is 12.1 Å². The molecular weight excluding hydrogens is 242 g/mol. The van der Waals surface area contributed by atoms with Crippen molar-refractivity contribution in [2.75, 3.05) is 20.7 Å². The van der Waals surface area contributed by atoms with Crippen LogP contribution in [0, 0.1) is 13.8 Å². The van der Waals surface area contributed by atoms with Gasteiger partial charge in [0, 0.05) is 20.5 Å². The molecule has 19 heavy (non-hydrogen) atoms. The van der Waals surface area contributed by atoms with Gasteiger partial charge in [-0.15, -0.1) is 0 Å². The molecular formula is C15H21NO3. The topological polar surface area (TPSA) is 46.6 Å². The van der Waals surface area contributed by atoms with E-state index in [2.05, 4.69) is 6.07 Å². The van der Waals surface area contributed by atoms with Gasteiger partial charge < -0.3 is 9.64 Å². The number of hydrogen-bond acceptors (Lipinski definition) is 3. The van der Waals surface area contributed by atoms with Crippen molar-refractivity contribution in [2.45, 2.75) is 27.2 Å². The first kappa shape index (κ1) is 15.2. The summed E-state index contributed by atoms with van der Waals surface area (Å²) in [6, 6.07) is 4.07. The number of ether oxygens (including phenoxy) is 1. The van der Waals surface area contributed by atoms with Crippen molar-refractivity contribution in [1.82, 2.24) is 4.90 Å². The number of amides is 1. The van der Waals surface area contributed by atoms with Gasteiger partial charge in [-0.3, -0.25) is 9.59 Å². The number of benzene rings is 1. The molecule has 0 atom stereocenters. The number of Topliss-reactive ketones (excluding diaryl/α,β-unsaturated/α-hetero) is 1. The van der Waals surface area contributed by atoms with Crippen molar-refractivity contribution in [1.29, 1.82) is 0 Å². The zero-order chi connectivity index (χ0) is 14.6. The number of rotatable bonds is 5. The minimum atomic E-state index is -0.455. The molecule has 4 nitrogen and oxygen atoms in total. The monoisotopic (exact) mass is 263 g/mol. The van der Waals surface area contributed by atoms with E-state index in [-0.39, 0.29) is 0 Å². The molecule has 0 bridgehead atoms. The number of methoxy groups -OCH3 is 1. The van der Waals surface area contributed by atoms with Gasteiger partial charge in [0.15, 0.2) is 0 Å². The average molecular weight is 263 g/mol. The van der Waals surface area contributed by atoms with E-state index in [1.54, 1.807) is 14.2 Å². The molecule has 0 aliphatic heterocycles. The van der Waals surface area contributed by atoms with Crippen LogP contribution in [0.3, 0.4) is 0 Å². The Labute approximate surface area is 114 Å². The first-order valence-corrected chi connectivity index (χ1v) is 6.27. The number of aryl methyl sites for hydroxylation is 2. The molecule has 1 aromatic carbocycles. The Morgan fingerprint density at radius 3 is 2.42 bits per heavy atom. The van der Waals surface area contributed by atoms with E-state index in [0.29, 0.717) is 13.0 Å². The summed E-state index contributed by atoms with van der Waals surface area (Å²) >= 11 is 0. The number of carbonyl (C=O) groups excluding carboxylic acids is 2. The smallest absolute Gasteiger partial charge is 0.289 e. The minimum Gasteiger partial charge on any atom is -0.496 e. The summed E-state index contributed by atoms with van der Waals surface area (Å²) in [6.07, 6.45) is 0.671. The molecule has 1 aromatic rings. The fraction of sp³-hybridized carbons (Fsp3) is 0.467. The molecule has 0 aliphatic rings. The standard InChI is InChI=1S/C15H21NO3/c1-10-8-11(2)13(14(9-10)19-5)6-7-16(4)15(18)12(3)17/h8-9H,6-7H2,1-5H3. The van der Waals surface area contributed by atoms with Crippen LogP contribution in [0.2, 0.25) is 0 Å². The molecule has 0 unspecified atom stereocenters. The van der Waals surface area contributed by atoms with Gasteiger partial charge in [-0.1, -0.05) is 6.07 Å². The molecule has 0 radical (unpaired) electrons. The van der Waals surface area contributed by atoms with Gasteiger partial charge in [0.2, 0.25) is 5.78 Å². The second kappa shape index (κ2) is 6.36. The number of carbonyl (C=O) groups is 2. The Kier molecular flexibility index (Phi) is 5.10. The van der Waals surface area contributed by atoms with Crippen LogP contribution in [-0.4, -0.2) is 37.3 Å². The largest absolute Gasteiger partial charge is 0.496 e. The summed E-state index contributed by atoms with van der Waals surface area (Å²) < 4.78 is 5.38. The molecule has 1 rings (SSSR count). The molecule has 0 saturated carbocycles. The Morgan fingerprint density at radius 1 is 1.26 bits per heavy atom. The van der Waals surface area contributed by atoms with E-state index in [4.69, 9.17) is 4.74 Å². The third kappa shape index (κ3) is 3.81. The lowest BCUT2D eigenvalue weighted by molar-refractivity contribution is -0.142. The van der Waals surface area contributed by atoms with E-state index in [9.17, 15) is 9.59 Å². The highest BCUT2D eigenvalue weighted by Gasteiger charge is 2.15. The minimum absolute atomic E-state index is 0.435. The summed E-state index contributed by atoms with van der Waals surface area (Å²) in [6.45, 7) is 5.83. The highest BCUT2D eigenvalue weighted by atomic mass is 16.5. The molecule has 104 valence electrons. The van der Waals surface area contributed by atoms with Gasteiger partial charge >= 0.3 is 0 Å². The zero-order valence-corrected chi connectivity index (χ0v) is 12.2. The SMILES string of the molecule is COc1cc(C)cc(C)c1CCN(C)C(=O)C(C)=O. The molecule has 0 aromatic heterocycles. The van der Waals surface area contributed by atoms with Gasteiger partial charge in [0.1, 0.15) is 5.75 Å². The fourth-order valence-corrected chi connectivity index (χ4v) is 2.11. The molecule has 0 spiro atoms.